The average molecular weight is 238 g/mol. The Bertz CT molecular complexity index is 379. The van der Waals surface area contributed by atoms with Gasteiger partial charge in [0.15, 0.2) is 0 Å². The van der Waals surface area contributed by atoms with Crippen LogP contribution in [0.3, 0.4) is 0 Å². The number of anilines is 2. The Labute approximate surface area is 101 Å². The first-order valence-electron chi connectivity index (χ1n) is 5.20. The van der Waals surface area contributed by atoms with E-state index in [1.807, 2.05) is 32.2 Å². The van der Waals surface area contributed by atoms with Gasteiger partial charge in [0.25, 0.3) is 0 Å². The summed E-state index contributed by atoms with van der Waals surface area (Å²) >= 11 is 1.67. The number of amides is 1. The van der Waals surface area contributed by atoms with Gasteiger partial charge < -0.3 is 11.1 Å². The van der Waals surface area contributed by atoms with E-state index >= 15 is 0 Å². The number of hydrogen-bond donors (Lipinski definition) is 2. The van der Waals surface area contributed by atoms with Crippen LogP contribution in [0.5, 0.6) is 0 Å². The molecule has 1 aromatic rings. The van der Waals surface area contributed by atoms with E-state index in [1.165, 1.54) is 0 Å². The average Bonchev–Trinajstić information content (AvgIpc) is 2.23. The smallest absolute Gasteiger partial charge is 0.228 e. The zero-order chi connectivity index (χ0) is 12.1. The second-order valence-electron chi connectivity index (χ2n) is 3.92. The summed E-state index contributed by atoms with van der Waals surface area (Å²) in [4.78, 5) is 11.8. The lowest BCUT2D eigenvalue weighted by Crippen LogP contribution is -2.22. The molecular weight excluding hydrogens is 220 g/mol. The lowest BCUT2D eigenvalue weighted by atomic mass is 10.1. The number of rotatable bonds is 4. The number of carbonyl (C=O) groups is 1. The van der Waals surface area contributed by atoms with E-state index in [9.17, 15) is 4.79 Å². The molecule has 16 heavy (non-hydrogen) atoms. The lowest BCUT2D eigenvalue weighted by Gasteiger charge is -2.13. The summed E-state index contributed by atoms with van der Waals surface area (Å²) in [6, 6.07) is 5.53. The highest BCUT2D eigenvalue weighted by Gasteiger charge is 2.13. The van der Waals surface area contributed by atoms with Gasteiger partial charge in [-0.2, -0.15) is 11.8 Å². The molecule has 0 fully saturated rings. The van der Waals surface area contributed by atoms with Crippen molar-refractivity contribution in [1.29, 1.82) is 0 Å². The molecule has 0 aliphatic carbocycles. The second-order valence-corrected chi connectivity index (χ2v) is 4.83. The zero-order valence-electron chi connectivity index (χ0n) is 9.91. The number of nitrogen functional groups attached to an aromatic ring is 1. The first kappa shape index (κ1) is 12.9. The molecule has 1 rings (SSSR count). The van der Waals surface area contributed by atoms with Gasteiger partial charge in [-0.25, -0.2) is 0 Å². The van der Waals surface area contributed by atoms with Crippen molar-refractivity contribution in [3.05, 3.63) is 23.8 Å². The highest BCUT2D eigenvalue weighted by Crippen LogP contribution is 2.19. The molecule has 1 unspecified atom stereocenters. The Morgan fingerprint density at radius 3 is 2.88 bits per heavy atom. The number of nitrogens with two attached hydrogens (primary N) is 1. The summed E-state index contributed by atoms with van der Waals surface area (Å²) < 4.78 is 0. The van der Waals surface area contributed by atoms with Crippen molar-refractivity contribution in [2.24, 2.45) is 5.92 Å². The molecule has 0 saturated heterocycles. The van der Waals surface area contributed by atoms with Crippen LogP contribution in [-0.4, -0.2) is 17.9 Å². The van der Waals surface area contributed by atoms with Gasteiger partial charge >= 0.3 is 0 Å². The molecule has 0 aliphatic heterocycles. The van der Waals surface area contributed by atoms with Crippen LogP contribution in [0.4, 0.5) is 11.4 Å². The third-order valence-corrected chi connectivity index (χ3v) is 3.22. The fourth-order valence-corrected chi connectivity index (χ4v) is 2.01. The van der Waals surface area contributed by atoms with Gasteiger partial charge in [-0.05, 0) is 30.9 Å². The van der Waals surface area contributed by atoms with Crippen LogP contribution in [0, 0.1) is 12.8 Å². The van der Waals surface area contributed by atoms with Crippen molar-refractivity contribution in [3.8, 4) is 0 Å². The highest BCUT2D eigenvalue weighted by molar-refractivity contribution is 7.98. The minimum Gasteiger partial charge on any atom is -0.399 e. The molecule has 1 atom stereocenters. The third kappa shape index (κ3) is 3.45. The summed E-state index contributed by atoms with van der Waals surface area (Å²) in [6.45, 7) is 3.88. The predicted molar refractivity (Wildman–Crippen MR) is 71.8 cm³/mol. The summed E-state index contributed by atoms with van der Waals surface area (Å²) in [5.74, 6) is 0.881. The topological polar surface area (TPSA) is 55.1 Å². The fraction of sp³-hybridized carbons (Fsp3) is 0.417. The predicted octanol–water partition coefficient (Wildman–Crippen LogP) is 2.51. The molecule has 0 spiro atoms. The van der Waals surface area contributed by atoms with Gasteiger partial charge in [0.05, 0.1) is 0 Å². The van der Waals surface area contributed by atoms with Gasteiger partial charge in [0.2, 0.25) is 5.91 Å². The molecule has 3 N–H and O–H groups in total. The maximum Gasteiger partial charge on any atom is 0.228 e. The molecule has 0 radical (unpaired) electrons. The number of thioether (sulfide) groups is 1. The van der Waals surface area contributed by atoms with Crippen molar-refractivity contribution in [1.82, 2.24) is 0 Å². The van der Waals surface area contributed by atoms with Gasteiger partial charge in [0, 0.05) is 23.0 Å². The van der Waals surface area contributed by atoms with E-state index in [-0.39, 0.29) is 11.8 Å². The minimum atomic E-state index is 0.0100. The van der Waals surface area contributed by atoms with Crippen LogP contribution in [0.1, 0.15) is 12.5 Å². The van der Waals surface area contributed by atoms with Crippen LogP contribution in [0.2, 0.25) is 0 Å². The van der Waals surface area contributed by atoms with Crippen LogP contribution < -0.4 is 11.1 Å². The maximum absolute atomic E-state index is 11.8. The molecule has 3 nitrogen and oxygen atoms in total. The number of nitrogens with one attached hydrogen (secondary N) is 1. The molecular formula is C12H18N2OS. The van der Waals surface area contributed by atoms with E-state index < -0.39 is 0 Å². The molecule has 0 aliphatic rings. The van der Waals surface area contributed by atoms with Crippen LogP contribution in [0.25, 0.3) is 0 Å². The number of aryl methyl sites for hydroxylation is 1. The maximum atomic E-state index is 11.8. The molecule has 1 aromatic carbocycles. The summed E-state index contributed by atoms with van der Waals surface area (Å²) in [5, 5.41) is 2.90. The Morgan fingerprint density at radius 2 is 2.25 bits per heavy atom. The highest BCUT2D eigenvalue weighted by atomic mass is 32.2. The number of carbonyl (C=O) groups excluding carboxylic acids is 1. The van der Waals surface area contributed by atoms with E-state index in [4.69, 9.17) is 5.73 Å². The molecule has 0 bridgehead atoms. The normalized spacial score (nSPS) is 12.2. The summed E-state index contributed by atoms with van der Waals surface area (Å²) in [6.07, 6.45) is 2.00. The quantitative estimate of drug-likeness (QED) is 0.792. The fourth-order valence-electron chi connectivity index (χ4n) is 1.36. The van der Waals surface area contributed by atoms with E-state index in [1.54, 1.807) is 17.8 Å². The van der Waals surface area contributed by atoms with Crippen molar-refractivity contribution >= 4 is 29.0 Å². The second kappa shape index (κ2) is 5.80. The monoisotopic (exact) mass is 238 g/mol. The molecule has 0 heterocycles. The summed E-state index contributed by atoms with van der Waals surface area (Å²) in [7, 11) is 0. The number of benzene rings is 1. The van der Waals surface area contributed by atoms with Crippen molar-refractivity contribution in [2.45, 2.75) is 13.8 Å². The third-order valence-electron chi connectivity index (χ3n) is 2.38. The zero-order valence-corrected chi connectivity index (χ0v) is 10.7. The van der Waals surface area contributed by atoms with Gasteiger partial charge in [0.1, 0.15) is 0 Å². The standard InChI is InChI=1S/C12H18N2OS/c1-8-4-5-10(13)6-11(8)14-12(15)9(2)7-16-3/h4-6,9H,7,13H2,1-3H3,(H,14,15). The van der Waals surface area contributed by atoms with E-state index in [2.05, 4.69) is 5.32 Å². The van der Waals surface area contributed by atoms with Crippen molar-refractivity contribution in [2.75, 3.05) is 23.1 Å². The molecule has 0 aromatic heterocycles. The first-order valence-corrected chi connectivity index (χ1v) is 6.60. The SMILES string of the molecule is CSCC(C)C(=O)Nc1cc(N)ccc1C. The van der Waals surface area contributed by atoms with Crippen LogP contribution in [-0.2, 0) is 4.79 Å². The Morgan fingerprint density at radius 1 is 1.56 bits per heavy atom. The molecule has 0 saturated carbocycles. The van der Waals surface area contributed by atoms with Crippen LogP contribution in [0.15, 0.2) is 18.2 Å². The first-order chi connectivity index (χ1) is 7.54. The molecule has 4 heteroatoms. The van der Waals surface area contributed by atoms with Crippen LogP contribution >= 0.6 is 11.8 Å². The van der Waals surface area contributed by atoms with Gasteiger partial charge in [-0.1, -0.05) is 13.0 Å². The summed E-state index contributed by atoms with van der Waals surface area (Å²) in [5.41, 5.74) is 8.18. The number of hydrogen-bond acceptors (Lipinski definition) is 3. The Balaban J connectivity index is 2.72. The molecule has 88 valence electrons. The van der Waals surface area contributed by atoms with Crippen molar-refractivity contribution < 1.29 is 4.79 Å². The molecule has 1 amide bonds. The van der Waals surface area contributed by atoms with Gasteiger partial charge in [-0.15, -0.1) is 0 Å². The van der Waals surface area contributed by atoms with E-state index in [0.29, 0.717) is 5.69 Å². The Kier molecular flexibility index (Phi) is 4.68. The Hall–Kier alpha value is -1.16. The lowest BCUT2D eigenvalue weighted by molar-refractivity contribution is -0.118. The largest absolute Gasteiger partial charge is 0.399 e. The minimum absolute atomic E-state index is 0.0100. The van der Waals surface area contributed by atoms with E-state index in [0.717, 1.165) is 17.0 Å². The van der Waals surface area contributed by atoms with Crippen molar-refractivity contribution in [3.63, 3.8) is 0 Å². The van der Waals surface area contributed by atoms with Gasteiger partial charge in [-0.3, -0.25) is 4.79 Å².